The Morgan fingerprint density at radius 3 is 2.22 bits per heavy atom. The van der Waals surface area contributed by atoms with Gasteiger partial charge in [0.05, 0.1) is 0 Å². The fraction of sp³-hybridized carbons (Fsp3) is 0.500. The van der Waals surface area contributed by atoms with Gasteiger partial charge in [-0.2, -0.15) is 5.26 Å². The Kier molecular flexibility index (Phi) is 6.49. The van der Waals surface area contributed by atoms with Gasteiger partial charge < -0.3 is 0 Å². The fourth-order valence-electron chi connectivity index (χ4n) is 3.97. The van der Waals surface area contributed by atoms with E-state index in [1.54, 1.807) is 12.4 Å². The van der Waals surface area contributed by atoms with Crippen LogP contribution >= 0.6 is 0 Å². The van der Waals surface area contributed by atoms with Crippen LogP contribution in [0, 0.1) is 28.9 Å². The van der Waals surface area contributed by atoms with Crippen LogP contribution in [0.3, 0.4) is 0 Å². The van der Waals surface area contributed by atoms with E-state index in [-0.39, 0.29) is 11.4 Å². The smallest absolute Gasteiger partial charge is 0.159 e. The molecule has 142 valence electrons. The molecule has 0 spiro atoms. The first-order chi connectivity index (χ1) is 13.1. The highest BCUT2D eigenvalue weighted by molar-refractivity contribution is 5.57. The van der Waals surface area contributed by atoms with Crippen molar-refractivity contribution in [1.82, 2.24) is 9.97 Å². The molecule has 3 nitrogen and oxygen atoms in total. The van der Waals surface area contributed by atoms with Gasteiger partial charge in [-0.15, -0.1) is 0 Å². The zero-order valence-corrected chi connectivity index (χ0v) is 15.7. The number of halogens is 2. The van der Waals surface area contributed by atoms with Crippen LogP contribution in [0.5, 0.6) is 0 Å². The van der Waals surface area contributed by atoms with E-state index in [0.717, 1.165) is 36.5 Å². The lowest BCUT2D eigenvalue weighted by Gasteiger charge is -2.28. The molecule has 1 aliphatic carbocycles. The summed E-state index contributed by atoms with van der Waals surface area (Å²) in [5.74, 6) is -0.189. The topological polar surface area (TPSA) is 49.6 Å². The van der Waals surface area contributed by atoms with E-state index in [4.69, 9.17) is 5.26 Å². The number of hydrogen-bond donors (Lipinski definition) is 0. The van der Waals surface area contributed by atoms with E-state index < -0.39 is 17.2 Å². The Morgan fingerprint density at radius 2 is 1.67 bits per heavy atom. The molecule has 1 aliphatic rings. The zero-order valence-electron chi connectivity index (χ0n) is 15.7. The molecule has 1 saturated carbocycles. The number of aromatic nitrogens is 2. The van der Waals surface area contributed by atoms with Crippen molar-refractivity contribution in [3.8, 4) is 17.5 Å². The molecule has 1 fully saturated rings. The summed E-state index contributed by atoms with van der Waals surface area (Å²) in [7, 11) is 0. The van der Waals surface area contributed by atoms with Crippen LogP contribution in [0.4, 0.5) is 8.78 Å². The molecule has 0 bridgehead atoms. The number of nitrogens with zero attached hydrogens (tertiary/aromatic N) is 3. The molecule has 0 radical (unpaired) electrons. The molecule has 2 aromatic rings. The monoisotopic (exact) mass is 369 g/mol. The summed E-state index contributed by atoms with van der Waals surface area (Å²) in [6.07, 6.45) is 13.6. The SMILES string of the molecule is CCCCCC1CCC(c2cnc(-c3cc(F)c(C#N)c(F)c3)nc2)CC1. The highest BCUT2D eigenvalue weighted by atomic mass is 19.1. The van der Waals surface area contributed by atoms with Gasteiger partial charge in [0.1, 0.15) is 23.3 Å². The lowest BCUT2D eigenvalue weighted by atomic mass is 9.77. The van der Waals surface area contributed by atoms with Gasteiger partial charge in [-0.1, -0.05) is 32.6 Å². The molecule has 0 atom stereocenters. The lowest BCUT2D eigenvalue weighted by molar-refractivity contribution is 0.302. The highest BCUT2D eigenvalue weighted by Gasteiger charge is 2.23. The minimum absolute atomic E-state index is 0.246. The second-order valence-corrected chi connectivity index (χ2v) is 7.48. The van der Waals surface area contributed by atoms with Crippen LogP contribution in [0.1, 0.15) is 75.3 Å². The van der Waals surface area contributed by atoms with Crippen LogP contribution in [0.15, 0.2) is 24.5 Å². The molecular formula is C22H25F2N3. The van der Waals surface area contributed by atoms with Crippen molar-refractivity contribution < 1.29 is 8.78 Å². The number of nitriles is 1. The van der Waals surface area contributed by atoms with Gasteiger partial charge in [0.15, 0.2) is 5.82 Å². The average Bonchev–Trinajstić information content (AvgIpc) is 2.69. The predicted octanol–water partition coefficient (Wildman–Crippen LogP) is 6.15. The molecule has 0 amide bonds. The first-order valence-electron chi connectivity index (χ1n) is 9.83. The Labute approximate surface area is 159 Å². The maximum Gasteiger partial charge on any atom is 0.159 e. The summed E-state index contributed by atoms with van der Waals surface area (Å²) < 4.78 is 27.6. The summed E-state index contributed by atoms with van der Waals surface area (Å²) in [6.45, 7) is 2.24. The summed E-state index contributed by atoms with van der Waals surface area (Å²) in [5, 5.41) is 8.76. The highest BCUT2D eigenvalue weighted by Crippen LogP contribution is 2.37. The molecule has 3 rings (SSSR count). The average molecular weight is 369 g/mol. The predicted molar refractivity (Wildman–Crippen MR) is 101 cm³/mol. The van der Waals surface area contributed by atoms with Crippen molar-refractivity contribution >= 4 is 0 Å². The molecule has 5 heteroatoms. The third kappa shape index (κ3) is 4.68. The van der Waals surface area contributed by atoms with E-state index in [1.807, 2.05) is 0 Å². The zero-order chi connectivity index (χ0) is 19.2. The molecule has 0 unspecified atom stereocenters. The number of unbranched alkanes of at least 4 members (excludes halogenated alkanes) is 2. The lowest BCUT2D eigenvalue weighted by Crippen LogP contribution is -2.14. The molecule has 0 N–H and O–H groups in total. The van der Waals surface area contributed by atoms with Crippen LogP contribution in [-0.2, 0) is 0 Å². The Morgan fingerprint density at radius 1 is 1.04 bits per heavy atom. The summed E-state index contributed by atoms with van der Waals surface area (Å²) >= 11 is 0. The minimum atomic E-state index is -0.887. The normalized spacial score (nSPS) is 19.6. The number of benzene rings is 1. The maximum absolute atomic E-state index is 13.8. The van der Waals surface area contributed by atoms with Gasteiger partial charge in [0.2, 0.25) is 0 Å². The van der Waals surface area contributed by atoms with Gasteiger partial charge in [0, 0.05) is 18.0 Å². The fourth-order valence-corrected chi connectivity index (χ4v) is 3.97. The first-order valence-corrected chi connectivity index (χ1v) is 9.83. The Bertz CT molecular complexity index is 780. The van der Waals surface area contributed by atoms with Crippen molar-refractivity contribution in [2.24, 2.45) is 5.92 Å². The minimum Gasteiger partial charge on any atom is -0.236 e. The van der Waals surface area contributed by atoms with Crippen molar-refractivity contribution in [3.63, 3.8) is 0 Å². The molecule has 1 aromatic carbocycles. The molecule has 27 heavy (non-hydrogen) atoms. The summed E-state index contributed by atoms with van der Waals surface area (Å²) in [4.78, 5) is 8.63. The van der Waals surface area contributed by atoms with Crippen LogP contribution < -0.4 is 0 Å². The van der Waals surface area contributed by atoms with Crippen LogP contribution in [-0.4, -0.2) is 9.97 Å². The quantitative estimate of drug-likeness (QED) is 0.574. The van der Waals surface area contributed by atoms with E-state index in [0.29, 0.717) is 5.92 Å². The summed E-state index contributed by atoms with van der Waals surface area (Å²) in [5.41, 5.74) is 0.765. The maximum atomic E-state index is 13.8. The largest absolute Gasteiger partial charge is 0.236 e. The second kappa shape index (κ2) is 9.03. The van der Waals surface area contributed by atoms with Crippen molar-refractivity contribution in [1.29, 1.82) is 5.26 Å². The Hall–Kier alpha value is -2.35. The molecule has 1 aromatic heterocycles. The van der Waals surface area contributed by atoms with Crippen molar-refractivity contribution in [3.05, 3.63) is 47.3 Å². The van der Waals surface area contributed by atoms with Crippen molar-refractivity contribution in [2.45, 2.75) is 64.2 Å². The second-order valence-electron chi connectivity index (χ2n) is 7.48. The third-order valence-corrected chi connectivity index (χ3v) is 5.62. The third-order valence-electron chi connectivity index (χ3n) is 5.62. The van der Waals surface area contributed by atoms with E-state index in [1.165, 1.54) is 44.6 Å². The standard InChI is InChI=1S/C22H25F2N3/c1-2-3-4-5-15-6-8-16(9-7-15)18-13-26-22(27-14-18)17-10-20(23)19(12-25)21(24)11-17/h10-11,13-16H,2-9H2,1H3. The van der Waals surface area contributed by atoms with Gasteiger partial charge >= 0.3 is 0 Å². The first kappa shape index (κ1) is 19.4. The number of rotatable bonds is 6. The van der Waals surface area contributed by atoms with Gasteiger partial charge in [-0.05, 0) is 55.2 Å². The molecule has 0 saturated heterocycles. The van der Waals surface area contributed by atoms with E-state index in [9.17, 15) is 8.78 Å². The Balaban J connectivity index is 1.64. The van der Waals surface area contributed by atoms with Crippen LogP contribution in [0.2, 0.25) is 0 Å². The van der Waals surface area contributed by atoms with E-state index in [2.05, 4.69) is 16.9 Å². The molecule has 0 aliphatic heterocycles. The van der Waals surface area contributed by atoms with Gasteiger partial charge in [-0.25, -0.2) is 18.7 Å². The molecular weight excluding hydrogens is 344 g/mol. The number of hydrogen-bond acceptors (Lipinski definition) is 3. The van der Waals surface area contributed by atoms with Gasteiger partial charge in [-0.3, -0.25) is 0 Å². The van der Waals surface area contributed by atoms with Gasteiger partial charge in [0.25, 0.3) is 0 Å². The van der Waals surface area contributed by atoms with Crippen LogP contribution in [0.25, 0.3) is 11.4 Å². The van der Waals surface area contributed by atoms with E-state index >= 15 is 0 Å². The molecule has 1 heterocycles. The van der Waals surface area contributed by atoms with Crippen molar-refractivity contribution in [2.75, 3.05) is 0 Å². The summed E-state index contributed by atoms with van der Waals surface area (Å²) in [6, 6.07) is 3.74.